The van der Waals surface area contributed by atoms with Crippen molar-refractivity contribution in [1.29, 1.82) is 0 Å². The zero-order valence-electron chi connectivity index (χ0n) is 11.8. The molecule has 0 fully saturated rings. The van der Waals surface area contributed by atoms with Gasteiger partial charge in [-0.25, -0.2) is 0 Å². The number of hydrogen-bond acceptors (Lipinski definition) is 4. The number of carbonyl (C=O) groups is 3. The number of halogens is 1. The number of anilines is 1. The summed E-state index contributed by atoms with van der Waals surface area (Å²) in [5.41, 5.74) is 0.561. The molecule has 2 N–H and O–H groups in total. The molecule has 6 nitrogen and oxygen atoms in total. The van der Waals surface area contributed by atoms with Crippen LogP contribution in [0.25, 0.3) is 0 Å². The number of benzene rings is 1. The molecule has 21 heavy (non-hydrogen) atoms. The summed E-state index contributed by atoms with van der Waals surface area (Å²) in [4.78, 5) is 33.9. The summed E-state index contributed by atoms with van der Waals surface area (Å²) in [7, 11) is 0. The molecule has 0 aliphatic carbocycles. The first-order valence-electron chi connectivity index (χ1n) is 6.39. The highest BCUT2D eigenvalue weighted by molar-refractivity contribution is 6.30. The van der Waals surface area contributed by atoms with Gasteiger partial charge in [-0.15, -0.1) is 0 Å². The van der Waals surface area contributed by atoms with Gasteiger partial charge in [0.1, 0.15) is 0 Å². The number of hydrogen-bond donors (Lipinski definition) is 2. The summed E-state index contributed by atoms with van der Waals surface area (Å²) in [5.74, 6) is -1.22. The molecule has 7 heteroatoms. The van der Waals surface area contributed by atoms with Crippen molar-refractivity contribution in [2.24, 2.45) is 0 Å². The van der Waals surface area contributed by atoms with Gasteiger partial charge >= 0.3 is 5.97 Å². The Morgan fingerprint density at radius 2 is 1.86 bits per heavy atom. The summed E-state index contributed by atoms with van der Waals surface area (Å²) in [6, 6.07) is 6.57. The number of amides is 2. The Kier molecular flexibility index (Phi) is 6.68. The van der Waals surface area contributed by atoms with Crippen LogP contribution in [-0.4, -0.2) is 30.4 Å². The summed E-state index contributed by atoms with van der Waals surface area (Å²) < 4.78 is 4.96. The Morgan fingerprint density at radius 3 is 2.43 bits per heavy atom. The van der Waals surface area contributed by atoms with Crippen molar-refractivity contribution >= 4 is 35.1 Å². The van der Waals surface area contributed by atoms with Crippen LogP contribution in [-0.2, 0) is 19.1 Å². The fourth-order valence-electron chi connectivity index (χ4n) is 1.43. The second kappa shape index (κ2) is 8.26. The van der Waals surface area contributed by atoms with Gasteiger partial charge in [-0.2, -0.15) is 0 Å². The quantitative estimate of drug-likeness (QED) is 0.784. The second-order valence-electron chi connectivity index (χ2n) is 4.36. The van der Waals surface area contributed by atoms with E-state index < -0.39 is 18.0 Å². The van der Waals surface area contributed by atoms with E-state index in [-0.39, 0.29) is 18.9 Å². The number of esters is 1. The lowest BCUT2D eigenvalue weighted by atomic mass is 10.3. The van der Waals surface area contributed by atoms with Gasteiger partial charge in [-0.1, -0.05) is 11.6 Å². The van der Waals surface area contributed by atoms with E-state index in [1.54, 1.807) is 24.3 Å². The smallest absolute Gasteiger partial charge is 0.308 e. The Balaban J connectivity index is 2.38. The minimum absolute atomic E-state index is 0.0120. The SMILES string of the molecule is CC(=O)NCCC(=O)O[C@@H](C)C(=O)Nc1ccc(Cl)cc1. The van der Waals surface area contributed by atoms with Crippen molar-refractivity contribution in [2.45, 2.75) is 26.4 Å². The van der Waals surface area contributed by atoms with Gasteiger partial charge < -0.3 is 15.4 Å². The number of rotatable bonds is 6. The fraction of sp³-hybridized carbons (Fsp3) is 0.357. The Morgan fingerprint density at radius 1 is 1.24 bits per heavy atom. The maximum absolute atomic E-state index is 11.8. The Labute approximate surface area is 127 Å². The number of ether oxygens (including phenoxy) is 1. The second-order valence-corrected chi connectivity index (χ2v) is 4.80. The molecule has 1 atom stereocenters. The average Bonchev–Trinajstić information content (AvgIpc) is 2.40. The third kappa shape index (κ3) is 6.76. The number of carbonyl (C=O) groups excluding carboxylic acids is 3. The molecule has 114 valence electrons. The summed E-state index contributed by atoms with van der Waals surface area (Å²) in [5, 5.41) is 5.64. The number of nitrogens with one attached hydrogen (secondary N) is 2. The highest BCUT2D eigenvalue weighted by atomic mass is 35.5. The van der Waals surface area contributed by atoms with Gasteiger partial charge in [-0.3, -0.25) is 14.4 Å². The van der Waals surface area contributed by atoms with E-state index in [4.69, 9.17) is 16.3 Å². The van der Waals surface area contributed by atoms with Gasteiger partial charge in [-0.05, 0) is 31.2 Å². The maximum atomic E-state index is 11.8. The van der Waals surface area contributed by atoms with Crippen LogP contribution in [0.1, 0.15) is 20.3 Å². The van der Waals surface area contributed by atoms with Crippen LogP contribution in [0.3, 0.4) is 0 Å². The first-order chi connectivity index (χ1) is 9.88. The lowest BCUT2D eigenvalue weighted by Gasteiger charge is -2.13. The first kappa shape index (κ1) is 17.0. The van der Waals surface area contributed by atoms with Crippen LogP contribution in [0.2, 0.25) is 5.02 Å². The van der Waals surface area contributed by atoms with Gasteiger partial charge in [0.05, 0.1) is 6.42 Å². The van der Waals surface area contributed by atoms with Gasteiger partial charge in [0, 0.05) is 24.2 Å². The minimum Gasteiger partial charge on any atom is -0.452 e. The van der Waals surface area contributed by atoms with Crippen molar-refractivity contribution in [2.75, 3.05) is 11.9 Å². The zero-order chi connectivity index (χ0) is 15.8. The molecule has 1 aromatic carbocycles. The van der Waals surface area contributed by atoms with Crippen molar-refractivity contribution in [1.82, 2.24) is 5.32 Å². The predicted molar refractivity (Wildman–Crippen MR) is 78.9 cm³/mol. The van der Waals surface area contributed by atoms with Crippen molar-refractivity contribution in [3.63, 3.8) is 0 Å². The molecule has 2 amide bonds. The van der Waals surface area contributed by atoms with Crippen molar-refractivity contribution in [3.05, 3.63) is 29.3 Å². The van der Waals surface area contributed by atoms with E-state index in [1.165, 1.54) is 13.8 Å². The standard InChI is InChI=1S/C14H17ClN2O4/c1-9(21-13(19)7-8-16-10(2)18)14(20)17-12-5-3-11(15)4-6-12/h3-6,9H,7-8H2,1-2H3,(H,16,18)(H,17,20)/t9-/m0/s1. The molecule has 0 aliphatic rings. The molecule has 0 aromatic heterocycles. The normalized spacial score (nSPS) is 11.4. The maximum Gasteiger partial charge on any atom is 0.308 e. The molecule has 0 aliphatic heterocycles. The summed E-state index contributed by atoms with van der Waals surface area (Å²) >= 11 is 5.74. The third-order valence-electron chi connectivity index (χ3n) is 2.49. The lowest BCUT2D eigenvalue weighted by Crippen LogP contribution is -2.31. The molecule has 1 aromatic rings. The highest BCUT2D eigenvalue weighted by Crippen LogP contribution is 2.13. The minimum atomic E-state index is -0.925. The zero-order valence-corrected chi connectivity index (χ0v) is 12.6. The molecule has 0 heterocycles. The molecule has 0 saturated carbocycles. The molecule has 0 unspecified atom stereocenters. The molecule has 0 spiro atoms. The molecular formula is C14H17ClN2O4. The molecular weight excluding hydrogens is 296 g/mol. The Bertz CT molecular complexity index is 516. The van der Waals surface area contributed by atoms with Gasteiger partial charge in [0.2, 0.25) is 5.91 Å². The Hall–Kier alpha value is -2.08. The van der Waals surface area contributed by atoms with E-state index in [0.717, 1.165) is 0 Å². The van der Waals surface area contributed by atoms with Crippen LogP contribution in [0.4, 0.5) is 5.69 Å². The molecule has 0 radical (unpaired) electrons. The molecule has 1 rings (SSSR count). The van der Waals surface area contributed by atoms with E-state index in [2.05, 4.69) is 10.6 Å². The average molecular weight is 313 g/mol. The third-order valence-corrected chi connectivity index (χ3v) is 2.74. The summed E-state index contributed by atoms with van der Waals surface area (Å²) in [6.45, 7) is 3.01. The lowest BCUT2D eigenvalue weighted by molar-refractivity contribution is -0.153. The monoisotopic (exact) mass is 312 g/mol. The van der Waals surface area contributed by atoms with E-state index in [1.807, 2.05) is 0 Å². The van der Waals surface area contributed by atoms with Crippen LogP contribution in [0, 0.1) is 0 Å². The largest absolute Gasteiger partial charge is 0.452 e. The van der Waals surface area contributed by atoms with Gasteiger partial charge in [0.15, 0.2) is 6.10 Å². The van der Waals surface area contributed by atoms with Crippen molar-refractivity contribution < 1.29 is 19.1 Å². The van der Waals surface area contributed by atoms with E-state index in [0.29, 0.717) is 10.7 Å². The van der Waals surface area contributed by atoms with E-state index >= 15 is 0 Å². The molecule has 0 bridgehead atoms. The first-order valence-corrected chi connectivity index (χ1v) is 6.76. The van der Waals surface area contributed by atoms with Gasteiger partial charge in [0.25, 0.3) is 5.91 Å². The van der Waals surface area contributed by atoms with Crippen molar-refractivity contribution in [3.8, 4) is 0 Å². The highest BCUT2D eigenvalue weighted by Gasteiger charge is 2.17. The fourth-order valence-corrected chi connectivity index (χ4v) is 1.55. The summed E-state index contributed by atoms with van der Waals surface area (Å²) in [6.07, 6.45) is -0.913. The van der Waals surface area contributed by atoms with Crippen LogP contribution in [0.15, 0.2) is 24.3 Å². The topological polar surface area (TPSA) is 84.5 Å². The predicted octanol–water partition coefficient (Wildman–Crippen LogP) is 1.74. The van der Waals surface area contributed by atoms with E-state index in [9.17, 15) is 14.4 Å². The van der Waals surface area contributed by atoms with Crippen LogP contribution in [0.5, 0.6) is 0 Å². The van der Waals surface area contributed by atoms with Crippen LogP contribution >= 0.6 is 11.6 Å². The van der Waals surface area contributed by atoms with Crippen LogP contribution < -0.4 is 10.6 Å². The molecule has 0 saturated heterocycles.